The molecule has 0 aromatic heterocycles. The van der Waals surface area contributed by atoms with Crippen molar-refractivity contribution >= 4 is 50.5 Å². The Labute approximate surface area is 134 Å². The predicted octanol–water partition coefficient (Wildman–Crippen LogP) is 5.28. The van der Waals surface area contributed by atoms with Crippen LogP contribution in [0, 0.1) is 10.1 Å². The normalized spacial score (nSPS) is 10.3. The molecule has 0 radical (unpaired) electrons. The van der Waals surface area contributed by atoms with Gasteiger partial charge in [-0.05, 0) is 39.7 Å². The summed E-state index contributed by atoms with van der Waals surface area (Å²) in [7, 11) is 0. The average Bonchev–Trinajstić information content (AvgIpc) is 2.41. The van der Waals surface area contributed by atoms with Crippen molar-refractivity contribution in [1.29, 1.82) is 0 Å². The van der Waals surface area contributed by atoms with Gasteiger partial charge >= 0.3 is 0 Å². The first-order valence-electron chi connectivity index (χ1n) is 5.59. The zero-order valence-electron chi connectivity index (χ0n) is 10.1. The van der Waals surface area contributed by atoms with Crippen LogP contribution in [0.3, 0.4) is 0 Å². The summed E-state index contributed by atoms with van der Waals surface area (Å²) in [6.45, 7) is 0.535. The lowest BCUT2D eigenvalue weighted by Crippen LogP contribution is -2.00. The molecule has 0 fully saturated rings. The summed E-state index contributed by atoms with van der Waals surface area (Å²) in [6, 6.07) is 9.90. The van der Waals surface area contributed by atoms with E-state index in [4.69, 9.17) is 23.2 Å². The number of nitrogens with one attached hydrogen (secondary N) is 1. The third kappa shape index (κ3) is 3.62. The van der Waals surface area contributed by atoms with Gasteiger partial charge in [-0.2, -0.15) is 0 Å². The van der Waals surface area contributed by atoms with E-state index in [1.54, 1.807) is 12.1 Å². The quantitative estimate of drug-likeness (QED) is 0.584. The molecule has 0 unspecified atom stereocenters. The van der Waals surface area contributed by atoms with Crippen LogP contribution < -0.4 is 5.32 Å². The fourth-order valence-electron chi connectivity index (χ4n) is 1.61. The van der Waals surface area contributed by atoms with E-state index in [2.05, 4.69) is 21.2 Å². The van der Waals surface area contributed by atoms with Crippen LogP contribution in [-0.4, -0.2) is 4.92 Å². The molecule has 0 spiro atoms. The highest BCUT2D eigenvalue weighted by Crippen LogP contribution is 2.28. The summed E-state index contributed by atoms with van der Waals surface area (Å²) >= 11 is 15.3. The molecule has 0 heterocycles. The highest BCUT2D eigenvalue weighted by atomic mass is 79.9. The first-order valence-corrected chi connectivity index (χ1v) is 7.14. The predicted molar refractivity (Wildman–Crippen MR) is 84.6 cm³/mol. The first kappa shape index (κ1) is 15.1. The summed E-state index contributed by atoms with van der Waals surface area (Å²) in [5.41, 5.74) is 1.62. The number of hydrogen-bond acceptors (Lipinski definition) is 3. The van der Waals surface area contributed by atoms with E-state index in [1.165, 1.54) is 12.1 Å². The van der Waals surface area contributed by atoms with Crippen molar-refractivity contribution in [3.05, 3.63) is 66.6 Å². The minimum atomic E-state index is -0.480. The van der Waals surface area contributed by atoms with E-state index in [-0.39, 0.29) is 5.69 Å². The fraction of sp³-hybridized carbons (Fsp3) is 0.0769. The van der Waals surface area contributed by atoms with Crippen molar-refractivity contribution in [3.63, 3.8) is 0 Å². The van der Waals surface area contributed by atoms with Gasteiger partial charge in [-0.3, -0.25) is 10.1 Å². The smallest absolute Gasteiger partial charge is 0.271 e. The van der Waals surface area contributed by atoms with Crippen molar-refractivity contribution in [1.82, 2.24) is 0 Å². The number of hydrogen-bond donors (Lipinski definition) is 1. The highest BCUT2D eigenvalue weighted by molar-refractivity contribution is 9.10. The molecule has 0 amide bonds. The summed E-state index contributed by atoms with van der Waals surface area (Å²) in [5, 5.41) is 14.7. The number of halogens is 3. The Hall–Kier alpha value is -1.30. The Morgan fingerprint density at radius 3 is 2.50 bits per heavy atom. The second kappa shape index (κ2) is 6.43. The Balaban J connectivity index is 2.10. The van der Waals surface area contributed by atoms with Gasteiger partial charge in [0.1, 0.15) is 0 Å². The molecular weight excluding hydrogens is 367 g/mol. The van der Waals surface area contributed by atoms with Crippen molar-refractivity contribution in [3.8, 4) is 0 Å². The number of nitrogens with zero attached hydrogens (tertiary/aromatic N) is 1. The van der Waals surface area contributed by atoms with Crippen LogP contribution >= 0.6 is 39.1 Å². The van der Waals surface area contributed by atoms with Crippen LogP contribution in [-0.2, 0) is 6.54 Å². The molecule has 104 valence electrons. The van der Waals surface area contributed by atoms with Crippen molar-refractivity contribution in [2.24, 2.45) is 0 Å². The van der Waals surface area contributed by atoms with Gasteiger partial charge in [-0.1, -0.05) is 29.3 Å². The molecule has 0 aliphatic carbocycles. The first-order chi connectivity index (χ1) is 9.47. The van der Waals surface area contributed by atoms with E-state index < -0.39 is 4.92 Å². The van der Waals surface area contributed by atoms with Gasteiger partial charge in [-0.15, -0.1) is 0 Å². The molecule has 2 aromatic carbocycles. The molecule has 0 atom stereocenters. The summed E-state index contributed by atoms with van der Waals surface area (Å²) < 4.78 is 0.813. The largest absolute Gasteiger partial charge is 0.380 e. The van der Waals surface area contributed by atoms with Gasteiger partial charge < -0.3 is 5.32 Å². The number of anilines is 1. The Morgan fingerprint density at radius 2 is 1.90 bits per heavy atom. The van der Waals surface area contributed by atoms with Crippen LogP contribution in [0.5, 0.6) is 0 Å². The average molecular weight is 376 g/mol. The number of rotatable bonds is 4. The van der Waals surface area contributed by atoms with Gasteiger partial charge in [0.2, 0.25) is 0 Å². The molecule has 7 heteroatoms. The van der Waals surface area contributed by atoms with Crippen molar-refractivity contribution in [2.75, 3.05) is 5.32 Å². The van der Waals surface area contributed by atoms with Crippen LogP contribution in [0.1, 0.15) is 5.56 Å². The van der Waals surface area contributed by atoms with Gasteiger partial charge in [-0.25, -0.2) is 0 Å². The van der Waals surface area contributed by atoms with E-state index in [9.17, 15) is 10.1 Å². The van der Waals surface area contributed by atoms with Gasteiger partial charge in [0.05, 0.1) is 20.7 Å². The molecule has 0 aliphatic rings. The lowest BCUT2D eigenvalue weighted by molar-refractivity contribution is -0.384. The molecule has 4 nitrogen and oxygen atoms in total. The number of nitro benzene ring substituents is 1. The lowest BCUT2D eigenvalue weighted by atomic mass is 10.2. The van der Waals surface area contributed by atoms with Gasteiger partial charge in [0.15, 0.2) is 0 Å². The van der Waals surface area contributed by atoms with Crippen molar-refractivity contribution in [2.45, 2.75) is 6.54 Å². The fourth-order valence-corrected chi connectivity index (χ4v) is 2.39. The van der Waals surface area contributed by atoms with Crippen LogP contribution in [0.4, 0.5) is 11.4 Å². The molecule has 0 saturated carbocycles. The van der Waals surface area contributed by atoms with E-state index in [1.807, 2.05) is 12.1 Å². The summed E-state index contributed by atoms with van der Waals surface area (Å²) in [5.74, 6) is 0. The van der Waals surface area contributed by atoms with Crippen LogP contribution in [0.15, 0.2) is 40.9 Å². The summed E-state index contributed by atoms with van der Waals surface area (Å²) in [4.78, 5) is 10.1. The Bertz CT molecular complexity index is 665. The molecule has 2 aromatic rings. The maximum Gasteiger partial charge on any atom is 0.271 e. The molecular formula is C13H9BrCl2N2O2. The molecule has 0 bridgehead atoms. The van der Waals surface area contributed by atoms with Crippen LogP contribution in [0.25, 0.3) is 0 Å². The zero-order chi connectivity index (χ0) is 14.7. The minimum Gasteiger partial charge on any atom is -0.380 e. The Morgan fingerprint density at radius 1 is 1.15 bits per heavy atom. The number of benzene rings is 2. The molecule has 0 aliphatic heterocycles. The van der Waals surface area contributed by atoms with E-state index in [0.717, 1.165) is 10.0 Å². The SMILES string of the molecule is O=[N+]([O-])c1ccc(NCc2ccc(Cl)c(Br)c2)c(Cl)c1. The third-order valence-corrected chi connectivity index (χ3v) is 4.16. The van der Waals surface area contributed by atoms with E-state index in [0.29, 0.717) is 22.3 Å². The lowest BCUT2D eigenvalue weighted by Gasteiger charge is -2.09. The molecule has 1 N–H and O–H groups in total. The molecule has 20 heavy (non-hydrogen) atoms. The topological polar surface area (TPSA) is 55.2 Å². The maximum absolute atomic E-state index is 10.6. The van der Waals surface area contributed by atoms with Gasteiger partial charge in [0.25, 0.3) is 5.69 Å². The van der Waals surface area contributed by atoms with Gasteiger partial charge in [0, 0.05) is 23.2 Å². The monoisotopic (exact) mass is 374 g/mol. The van der Waals surface area contributed by atoms with E-state index >= 15 is 0 Å². The third-order valence-electron chi connectivity index (χ3n) is 2.63. The molecule has 2 rings (SSSR count). The highest BCUT2D eigenvalue weighted by Gasteiger charge is 2.09. The second-order valence-electron chi connectivity index (χ2n) is 4.02. The van der Waals surface area contributed by atoms with Crippen molar-refractivity contribution < 1.29 is 4.92 Å². The Kier molecular flexibility index (Phi) is 4.86. The number of nitro groups is 1. The number of non-ortho nitro benzene ring substituents is 1. The minimum absolute atomic E-state index is 0.0326. The summed E-state index contributed by atoms with van der Waals surface area (Å²) in [6.07, 6.45) is 0. The maximum atomic E-state index is 10.6. The van der Waals surface area contributed by atoms with Crippen LogP contribution in [0.2, 0.25) is 10.0 Å². The standard InChI is InChI=1S/C13H9BrCl2N2O2/c14-10-5-8(1-3-11(10)15)7-17-13-4-2-9(18(19)20)6-12(13)16/h1-6,17H,7H2. The molecule has 0 saturated heterocycles. The second-order valence-corrected chi connectivity index (χ2v) is 5.69. The zero-order valence-corrected chi connectivity index (χ0v) is 13.2.